The fourth-order valence-electron chi connectivity index (χ4n) is 0.638. The Bertz CT molecular complexity index is 111. The first-order valence-electron chi connectivity index (χ1n) is 3.72. The molecule has 11 heavy (non-hydrogen) atoms. The summed E-state index contributed by atoms with van der Waals surface area (Å²) in [6, 6.07) is 0. The Morgan fingerprint density at radius 2 is 2.00 bits per heavy atom. The minimum atomic E-state index is -0.414. The van der Waals surface area contributed by atoms with Gasteiger partial charge >= 0.3 is 0 Å². The van der Waals surface area contributed by atoms with E-state index >= 15 is 0 Å². The van der Waals surface area contributed by atoms with E-state index in [0.717, 1.165) is 0 Å². The lowest BCUT2D eigenvalue weighted by atomic mass is 9.93. The van der Waals surface area contributed by atoms with Crippen LogP contribution in [-0.2, 0) is 0 Å². The van der Waals surface area contributed by atoms with Gasteiger partial charge in [0.25, 0.3) is 0 Å². The van der Waals surface area contributed by atoms with Gasteiger partial charge in [-0.2, -0.15) is 0 Å². The van der Waals surface area contributed by atoms with E-state index in [1.165, 1.54) is 0 Å². The van der Waals surface area contributed by atoms with Crippen molar-refractivity contribution in [1.29, 1.82) is 0 Å². The van der Waals surface area contributed by atoms with E-state index in [4.69, 9.17) is 10.2 Å². The highest BCUT2D eigenvalue weighted by Crippen LogP contribution is 2.11. The van der Waals surface area contributed by atoms with Crippen LogP contribution in [0.4, 0.5) is 0 Å². The average molecular weight is 159 g/mol. The molecule has 3 nitrogen and oxygen atoms in total. The molecule has 66 valence electrons. The zero-order valence-corrected chi connectivity index (χ0v) is 7.01. The SMILES string of the molecule is C=CCNCC(C)(CO)CO. The predicted molar refractivity (Wildman–Crippen MR) is 45.3 cm³/mol. The van der Waals surface area contributed by atoms with E-state index in [9.17, 15) is 0 Å². The maximum atomic E-state index is 8.86. The van der Waals surface area contributed by atoms with Gasteiger partial charge in [-0.1, -0.05) is 13.0 Å². The molecule has 0 bridgehead atoms. The van der Waals surface area contributed by atoms with Crippen LogP contribution in [0, 0.1) is 5.41 Å². The van der Waals surface area contributed by atoms with Crippen molar-refractivity contribution in [1.82, 2.24) is 5.32 Å². The summed E-state index contributed by atoms with van der Waals surface area (Å²) in [6.45, 7) is 6.66. The summed E-state index contributed by atoms with van der Waals surface area (Å²) in [5.74, 6) is 0. The molecule has 0 unspecified atom stereocenters. The lowest BCUT2D eigenvalue weighted by Crippen LogP contribution is -2.37. The summed E-state index contributed by atoms with van der Waals surface area (Å²) in [5.41, 5.74) is -0.414. The van der Waals surface area contributed by atoms with Crippen molar-refractivity contribution in [2.75, 3.05) is 26.3 Å². The normalized spacial score (nSPS) is 11.5. The second-order valence-corrected chi connectivity index (χ2v) is 3.05. The quantitative estimate of drug-likeness (QED) is 0.370. The molecule has 0 aromatic heterocycles. The van der Waals surface area contributed by atoms with Gasteiger partial charge in [0.15, 0.2) is 0 Å². The first-order chi connectivity index (χ1) is 5.18. The highest BCUT2D eigenvalue weighted by molar-refractivity contribution is 4.78. The van der Waals surface area contributed by atoms with Gasteiger partial charge in [0.1, 0.15) is 0 Å². The molecule has 3 N–H and O–H groups in total. The van der Waals surface area contributed by atoms with Crippen LogP contribution in [0.15, 0.2) is 12.7 Å². The molecule has 3 heteroatoms. The van der Waals surface area contributed by atoms with E-state index in [0.29, 0.717) is 13.1 Å². The third kappa shape index (κ3) is 4.14. The molecule has 0 aliphatic rings. The molecule has 0 fully saturated rings. The molecule has 0 aromatic carbocycles. The van der Waals surface area contributed by atoms with E-state index in [1.807, 2.05) is 6.92 Å². The molecular weight excluding hydrogens is 142 g/mol. The largest absolute Gasteiger partial charge is 0.396 e. The summed E-state index contributed by atoms with van der Waals surface area (Å²) < 4.78 is 0. The van der Waals surface area contributed by atoms with Crippen LogP contribution < -0.4 is 5.32 Å². The van der Waals surface area contributed by atoms with Crippen molar-refractivity contribution in [3.8, 4) is 0 Å². The molecule has 0 aliphatic heterocycles. The third-order valence-electron chi connectivity index (χ3n) is 1.60. The van der Waals surface area contributed by atoms with Crippen LogP contribution in [0.5, 0.6) is 0 Å². The molecule has 0 rings (SSSR count). The number of rotatable bonds is 6. The molecule has 0 amide bonds. The average Bonchev–Trinajstić information content (AvgIpc) is 2.05. The van der Waals surface area contributed by atoms with Gasteiger partial charge in [0.05, 0.1) is 13.2 Å². The third-order valence-corrected chi connectivity index (χ3v) is 1.60. The van der Waals surface area contributed by atoms with E-state index in [2.05, 4.69) is 11.9 Å². The first kappa shape index (κ1) is 10.6. The Kier molecular flexibility index (Phi) is 5.11. The van der Waals surface area contributed by atoms with Gasteiger partial charge in [-0.05, 0) is 0 Å². The minimum absolute atomic E-state index is 0.00631. The van der Waals surface area contributed by atoms with Crippen LogP contribution in [0.1, 0.15) is 6.92 Å². The van der Waals surface area contributed by atoms with Crippen molar-refractivity contribution >= 4 is 0 Å². The van der Waals surface area contributed by atoms with Crippen LogP contribution in [-0.4, -0.2) is 36.5 Å². The van der Waals surface area contributed by atoms with Crippen molar-refractivity contribution in [2.45, 2.75) is 6.92 Å². The zero-order chi connectivity index (χ0) is 8.74. The topological polar surface area (TPSA) is 52.5 Å². The highest BCUT2D eigenvalue weighted by atomic mass is 16.3. The second kappa shape index (κ2) is 5.29. The summed E-state index contributed by atoms with van der Waals surface area (Å²) in [5, 5.41) is 20.8. The Hall–Kier alpha value is -0.380. The number of aliphatic hydroxyl groups is 2. The molecule has 0 spiro atoms. The lowest BCUT2D eigenvalue weighted by molar-refractivity contribution is 0.0706. The van der Waals surface area contributed by atoms with Crippen molar-refractivity contribution in [2.24, 2.45) is 5.41 Å². The maximum Gasteiger partial charge on any atom is 0.0518 e. The molecule has 0 saturated carbocycles. The van der Waals surface area contributed by atoms with Gasteiger partial charge in [0, 0.05) is 18.5 Å². The van der Waals surface area contributed by atoms with Gasteiger partial charge in [0.2, 0.25) is 0 Å². The van der Waals surface area contributed by atoms with Crippen molar-refractivity contribution < 1.29 is 10.2 Å². The van der Waals surface area contributed by atoms with Crippen molar-refractivity contribution in [3.05, 3.63) is 12.7 Å². The van der Waals surface area contributed by atoms with Crippen LogP contribution in [0.3, 0.4) is 0 Å². The molecule has 0 atom stereocenters. The van der Waals surface area contributed by atoms with Gasteiger partial charge in [-0.3, -0.25) is 0 Å². The second-order valence-electron chi connectivity index (χ2n) is 3.05. The van der Waals surface area contributed by atoms with Gasteiger partial charge in [-0.15, -0.1) is 6.58 Å². The Labute approximate surface area is 67.7 Å². The minimum Gasteiger partial charge on any atom is -0.396 e. The van der Waals surface area contributed by atoms with E-state index < -0.39 is 5.41 Å². The number of hydrogen-bond acceptors (Lipinski definition) is 3. The molecule has 0 aromatic rings. The lowest BCUT2D eigenvalue weighted by Gasteiger charge is -2.24. The molecule has 0 saturated heterocycles. The van der Waals surface area contributed by atoms with Crippen LogP contribution >= 0.6 is 0 Å². The van der Waals surface area contributed by atoms with E-state index in [-0.39, 0.29) is 13.2 Å². The standard InChI is InChI=1S/C8H17NO2/c1-3-4-9-5-8(2,6-10)7-11/h3,9-11H,1,4-7H2,2H3. The fraction of sp³-hybridized carbons (Fsp3) is 0.750. The van der Waals surface area contributed by atoms with Gasteiger partial charge in [-0.25, -0.2) is 0 Å². The Balaban J connectivity index is 3.59. The predicted octanol–water partition coefficient (Wildman–Crippen LogP) is -0.247. The molecule has 0 aliphatic carbocycles. The Morgan fingerprint density at radius 3 is 2.36 bits per heavy atom. The van der Waals surface area contributed by atoms with Gasteiger partial charge < -0.3 is 15.5 Å². The maximum absolute atomic E-state index is 8.86. The van der Waals surface area contributed by atoms with E-state index in [1.54, 1.807) is 6.08 Å². The Morgan fingerprint density at radius 1 is 1.45 bits per heavy atom. The fourth-order valence-corrected chi connectivity index (χ4v) is 0.638. The molecule has 0 radical (unpaired) electrons. The first-order valence-corrected chi connectivity index (χ1v) is 3.72. The smallest absolute Gasteiger partial charge is 0.0518 e. The zero-order valence-electron chi connectivity index (χ0n) is 7.01. The summed E-state index contributed by atoms with van der Waals surface area (Å²) in [4.78, 5) is 0. The molecule has 0 heterocycles. The summed E-state index contributed by atoms with van der Waals surface area (Å²) in [6.07, 6.45) is 1.75. The number of nitrogens with one attached hydrogen (secondary N) is 1. The summed E-state index contributed by atoms with van der Waals surface area (Å²) >= 11 is 0. The van der Waals surface area contributed by atoms with Crippen molar-refractivity contribution in [3.63, 3.8) is 0 Å². The molecular formula is C8H17NO2. The summed E-state index contributed by atoms with van der Waals surface area (Å²) in [7, 11) is 0. The number of aliphatic hydroxyl groups excluding tert-OH is 2. The van der Waals surface area contributed by atoms with Crippen LogP contribution in [0.2, 0.25) is 0 Å². The highest BCUT2D eigenvalue weighted by Gasteiger charge is 2.20. The monoisotopic (exact) mass is 159 g/mol. The van der Waals surface area contributed by atoms with Crippen LogP contribution in [0.25, 0.3) is 0 Å². The number of hydrogen-bond donors (Lipinski definition) is 3.